The van der Waals surface area contributed by atoms with Gasteiger partial charge in [0.1, 0.15) is 0 Å². The van der Waals surface area contributed by atoms with Gasteiger partial charge in [0.15, 0.2) is 0 Å². The molecule has 2 nitrogen and oxygen atoms in total. The number of benzene rings is 2. The molecule has 0 aliphatic heterocycles. The maximum absolute atomic E-state index is 3.66. The van der Waals surface area contributed by atoms with Crippen LogP contribution < -0.4 is 10.6 Å². The van der Waals surface area contributed by atoms with Crippen LogP contribution in [0.1, 0.15) is 63.8 Å². The molecule has 0 fully saturated rings. The number of aryl methyl sites for hydroxylation is 4. The molecular weight excluding hydrogens is 328 g/mol. The molecule has 27 heavy (non-hydrogen) atoms. The van der Waals surface area contributed by atoms with Crippen molar-refractivity contribution in [2.75, 3.05) is 10.6 Å². The van der Waals surface area contributed by atoms with Crippen LogP contribution in [0.25, 0.3) is 0 Å². The predicted octanol–water partition coefficient (Wildman–Crippen LogP) is 6.77. The van der Waals surface area contributed by atoms with Crippen LogP contribution in [0.5, 0.6) is 0 Å². The van der Waals surface area contributed by atoms with Crippen molar-refractivity contribution in [2.24, 2.45) is 0 Å². The minimum Gasteiger partial charge on any atom is -0.377 e. The maximum atomic E-state index is 3.66. The minimum atomic E-state index is 1.04. The Morgan fingerprint density at radius 1 is 0.630 bits per heavy atom. The highest BCUT2D eigenvalue weighted by atomic mass is 15.0. The van der Waals surface area contributed by atoms with Gasteiger partial charge in [-0.15, -0.1) is 0 Å². The molecule has 0 saturated carbocycles. The number of hydrogen-bond acceptors (Lipinski definition) is 2. The zero-order valence-corrected chi connectivity index (χ0v) is 17.9. The summed E-state index contributed by atoms with van der Waals surface area (Å²) >= 11 is 0. The number of rotatable bonds is 10. The van der Waals surface area contributed by atoms with Gasteiger partial charge in [-0.3, -0.25) is 0 Å². The first-order chi connectivity index (χ1) is 13.0. The summed E-state index contributed by atoms with van der Waals surface area (Å²) in [6.07, 6.45) is 6.35. The van der Waals surface area contributed by atoms with Crippen molar-refractivity contribution in [3.05, 3.63) is 77.2 Å². The predicted molar refractivity (Wildman–Crippen MR) is 120 cm³/mol. The molecular formula is C25H35N2. The molecule has 0 aromatic heterocycles. The van der Waals surface area contributed by atoms with E-state index in [9.17, 15) is 0 Å². The lowest BCUT2D eigenvalue weighted by molar-refractivity contribution is 0.990. The van der Waals surface area contributed by atoms with E-state index in [0.29, 0.717) is 0 Å². The van der Waals surface area contributed by atoms with Crippen molar-refractivity contribution in [2.45, 2.75) is 67.2 Å². The molecule has 0 aliphatic carbocycles. The molecule has 0 spiro atoms. The molecule has 0 saturated heterocycles. The van der Waals surface area contributed by atoms with Crippen molar-refractivity contribution in [1.82, 2.24) is 0 Å². The van der Waals surface area contributed by atoms with Gasteiger partial charge in [0.2, 0.25) is 0 Å². The third kappa shape index (κ3) is 5.51. The summed E-state index contributed by atoms with van der Waals surface area (Å²) in [6.45, 7) is 13.1. The molecule has 0 atom stereocenters. The first-order valence-electron chi connectivity index (χ1n) is 10.3. The summed E-state index contributed by atoms with van der Waals surface area (Å²) in [4.78, 5) is 0. The summed E-state index contributed by atoms with van der Waals surface area (Å²) < 4.78 is 0. The van der Waals surface area contributed by atoms with Gasteiger partial charge < -0.3 is 10.6 Å². The van der Waals surface area contributed by atoms with Gasteiger partial charge in [-0.2, -0.15) is 0 Å². The topological polar surface area (TPSA) is 24.1 Å². The average molecular weight is 364 g/mol. The lowest BCUT2D eigenvalue weighted by atomic mass is 10.00. The Kier molecular flexibility index (Phi) is 8.22. The number of para-hydroxylation sites is 2. The quantitative estimate of drug-likeness (QED) is 0.487. The summed E-state index contributed by atoms with van der Waals surface area (Å²) in [5.41, 5.74) is 8.03. The molecule has 0 bridgehead atoms. The van der Waals surface area contributed by atoms with Crippen molar-refractivity contribution >= 4 is 11.4 Å². The highest BCUT2D eigenvalue weighted by Crippen LogP contribution is 2.29. The monoisotopic (exact) mass is 363 g/mol. The van der Waals surface area contributed by atoms with Gasteiger partial charge in [-0.05, 0) is 61.8 Å². The molecule has 2 aromatic carbocycles. The standard InChI is InChI=1S/C25H35N2/c1-7-20-13-11-14-21(8-2)24(20)26-18(5)17-19(6)27-25-22(9-3)15-12-16-23(25)10-4/h11-17,26-27H,7-10H2,1-6H3. The molecule has 3 radical (unpaired) electrons. The van der Waals surface area contributed by atoms with Crippen LogP contribution in [0.2, 0.25) is 0 Å². The summed E-state index contributed by atoms with van der Waals surface area (Å²) in [7, 11) is 0. The Morgan fingerprint density at radius 3 is 1.19 bits per heavy atom. The van der Waals surface area contributed by atoms with Crippen molar-refractivity contribution < 1.29 is 0 Å². The number of anilines is 2. The lowest BCUT2D eigenvalue weighted by Gasteiger charge is -2.24. The molecule has 0 unspecified atom stereocenters. The Labute approximate surface area is 166 Å². The van der Waals surface area contributed by atoms with Crippen molar-refractivity contribution in [3.63, 3.8) is 0 Å². The van der Waals surface area contributed by atoms with Gasteiger partial charge in [-0.25, -0.2) is 0 Å². The van der Waals surface area contributed by atoms with E-state index in [4.69, 9.17) is 0 Å². The smallest absolute Gasteiger partial charge is 0.0631 e. The van der Waals surface area contributed by atoms with Gasteiger partial charge in [0.05, 0.1) is 12.1 Å². The summed E-state index contributed by atoms with van der Waals surface area (Å²) in [5.74, 6) is 0. The van der Waals surface area contributed by atoms with E-state index >= 15 is 0 Å². The van der Waals surface area contributed by atoms with Crippen molar-refractivity contribution in [1.29, 1.82) is 0 Å². The Hall–Kier alpha value is -1.96. The number of nitrogens with one attached hydrogen (secondary N) is 2. The highest BCUT2D eigenvalue weighted by Gasteiger charge is 2.16. The van der Waals surface area contributed by atoms with Gasteiger partial charge >= 0.3 is 0 Å². The van der Waals surface area contributed by atoms with E-state index in [2.05, 4.69) is 95.0 Å². The Morgan fingerprint density at radius 2 is 0.926 bits per heavy atom. The fraction of sp³-hybridized carbons (Fsp3) is 0.400. The second-order valence-electron chi connectivity index (χ2n) is 7.08. The van der Waals surface area contributed by atoms with Crippen LogP contribution in [-0.4, -0.2) is 0 Å². The molecule has 2 aromatic rings. The van der Waals surface area contributed by atoms with Crippen LogP contribution in [0, 0.1) is 18.5 Å². The van der Waals surface area contributed by atoms with Crippen LogP contribution >= 0.6 is 0 Å². The van der Waals surface area contributed by atoms with Crippen LogP contribution in [0.15, 0.2) is 36.4 Å². The van der Waals surface area contributed by atoms with E-state index in [1.54, 1.807) is 0 Å². The highest BCUT2D eigenvalue weighted by molar-refractivity contribution is 5.63. The van der Waals surface area contributed by atoms with Crippen LogP contribution in [-0.2, 0) is 25.7 Å². The first-order valence-corrected chi connectivity index (χ1v) is 10.3. The minimum absolute atomic E-state index is 1.04. The fourth-order valence-electron chi connectivity index (χ4n) is 3.60. The summed E-state index contributed by atoms with van der Waals surface area (Å²) in [6, 6.07) is 15.5. The van der Waals surface area contributed by atoms with Crippen LogP contribution in [0.3, 0.4) is 0 Å². The zero-order valence-electron chi connectivity index (χ0n) is 17.9. The van der Waals surface area contributed by atoms with E-state index in [-0.39, 0.29) is 0 Å². The number of hydrogen-bond donors (Lipinski definition) is 2. The van der Waals surface area contributed by atoms with E-state index in [1.807, 2.05) is 0 Å². The third-order valence-electron chi connectivity index (χ3n) is 5.08. The van der Waals surface area contributed by atoms with E-state index in [1.165, 1.54) is 33.6 Å². The fourth-order valence-corrected chi connectivity index (χ4v) is 3.60. The zero-order chi connectivity index (χ0) is 19.8. The lowest BCUT2D eigenvalue weighted by Crippen LogP contribution is -2.18. The molecule has 0 aliphatic rings. The van der Waals surface area contributed by atoms with Gasteiger partial charge in [-0.1, -0.05) is 64.1 Å². The largest absolute Gasteiger partial charge is 0.377 e. The van der Waals surface area contributed by atoms with E-state index < -0.39 is 0 Å². The molecule has 145 valence electrons. The second-order valence-corrected chi connectivity index (χ2v) is 7.08. The molecule has 0 amide bonds. The maximum Gasteiger partial charge on any atom is 0.0631 e. The first kappa shape index (κ1) is 21.3. The molecule has 2 rings (SSSR count). The SMILES string of the molecule is CCc1cccc(CC)c1N[C](C)[CH][C](C)Nc1c(CC)cccc1CC. The normalized spacial score (nSPS) is 11.3. The second kappa shape index (κ2) is 10.4. The molecule has 2 N–H and O–H groups in total. The van der Waals surface area contributed by atoms with Gasteiger partial charge in [0, 0.05) is 17.8 Å². The van der Waals surface area contributed by atoms with Crippen LogP contribution in [0.4, 0.5) is 11.4 Å². The molecule has 2 heteroatoms. The third-order valence-corrected chi connectivity index (χ3v) is 5.08. The summed E-state index contributed by atoms with van der Waals surface area (Å²) in [5, 5.41) is 7.31. The Bertz CT molecular complexity index is 614. The average Bonchev–Trinajstić information content (AvgIpc) is 2.67. The van der Waals surface area contributed by atoms with Gasteiger partial charge in [0.25, 0.3) is 0 Å². The van der Waals surface area contributed by atoms with Crippen molar-refractivity contribution in [3.8, 4) is 0 Å². The van der Waals surface area contributed by atoms with E-state index in [0.717, 1.165) is 37.8 Å². The molecule has 0 heterocycles. The Balaban J connectivity index is 2.08.